The van der Waals surface area contributed by atoms with Crippen molar-refractivity contribution < 1.29 is 29.3 Å². The number of nitrogens with zero attached hydrogens (tertiary/aromatic N) is 1. The Labute approximate surface area is 194 Å². The molecule has 3 heterocycles. The van der Waals surface area contributed by atoms with Crippen LogP contribution in [0.5, 0.6) is 11.5 Å². The number of carbonyl (C=O) groups excluding carboxylic acids is 3. The number of halogens is 1. The first-order valence-electron chi connectivity index (χ1n) is 10.5. The molecule has 3 aliphatic rings. The number of hydrogen-bond acceptors (Lipinski definition) is 7. The van der Waals surface area contributed by atoms with Gasteiger partial charge < -0.3 is 20.3 Å². The van der Waals surface area contributed by atoms with Crippen LogP contribution in [0.2, 0.25) is 5.02 Å². The van der Waals surface area contributed by atoms with Crippen LogP contribution in [0.4, 0.5) is 5.69 Å². The number of anilines is 1. The maximum atomic E-state index is 13.5. The summed E-state index contributed by atoms with van der Waals surface area (Å²) in [5.41, 5.74) is 0.247. The lowest BCUT2D eigenvalue weighted by atomic mass is 9.76. The summed E-state index contributed by atoms with van der Waals surface area (Å²) in [5, 5.41) is 26.1. The zero-order chi connectivity index (χ0) is 23.5. The first-order valence-corrected chi connectivity index (χ1v) is 10.9. The van der Waals surface area contributed by atoms with Gasteiger partial charge in [-0.05, 0) is 42.3 Å². The molecule has 5 rings (SSSR count). The van der Waals surface area contributed by atoms with E-state index in [1.54, 1.807) is 24.3 Å². The van der Waals surface area contributed by atoms with Crippen molar-refractivity contribution in [2.24, 2.45) is 11.8 Å². The summed E-state index contributed by atoms with van der Waals surface area (Å²) in [6.07, 6.45) is 0.247. The van der Waals surface area contributed by atoms with E-state index in [1.165, 1.54) is 24.1 Å². The molecule has 3 amide bonds. The van der Waals surface area contributed by atoms with Gasteiger partial charge in [0, 0.05) is 29.4 Å². The van der Waals surface area contributed by atoms with Gasteiger partial charge in [0.2, 0.25) is 17.7 Å². The van der Waals surface area contributed by atoms with Crippen molar-refractivity contribution in [1.82, 2.24) is 10.2 Å². The highest BCUT2D eigenvalue weighted by Gasteiger charge is 2.70. The van der Waals surface area contributed by atoms with Crippen LogP contribution in [0.3, 0.4) is 0 Å². The predicted molar refractivity (Wildman–Crippen MR) is 118 cm³/mol. The fourth-order valence-electron chi connectivity index (χ4n) is 5.36. The Hall–Kier alpha value is -3.14. The molecule has 33 heavy (non-hydrogen) atoms. The van der Waals surface area contributed by atoms with Gasteiger partial charge in [-0.3, -0.25) is 24.6 Å². The second-order valence-electron chi connectivity index (χ2n) is 8.55. The Kier molecular flexibility index (Phi) is 5.08. The number of carbonyl (C=O) groups is 3. The summed E-state index contributed by atoms with van der Waals surface area (Å²) in [6, 6.07) is 8.77. The van der Waals surface area contributed by atoms with Crippen LogP contribution in [0.15, 0.2) is 36.4 Å². The third kappa shape index (κ3) is 3.11. The highest BCUT2D eigenvalue weighted by atomic mass is 35.5. The topological polar surface area (TPSA) is 128 Å². The van der Waals surface area contributed by atoms with Gasteiger partial charge >= 0.3 is 0 Å². The van der Waals surface area contributed by atoms with Gasteiger partial charge in [0.1, 0.15) is 5.54 Å². The second-order valence-corrected chi connectivity index (χ2v) is 8.99. The Morgan fingerprint density at radius 2 is 1.88 bits per heavy atom. The number of likely N-dealkylation sites (tertiary alicyclic amines) is 1. The highest BCUT2D eigenvalue weighted by Crippen LogP contribution is 2.53. The number of aromatic hydroxyl groups is 2. The summed E-state index contributed by atoms with van der Waals surface area (Å²) in [5.74, 6) is -3.54. The summed E-state index contributed by atoms with van der Waals surface area (Å²) in [6.45, 7) is 0.274. The van der Waals surface area contributed by atoms with Crippen LogP contribution in [0, 0.1) is 11.8 Å². The molecule has 3 aliphatic heterocycles. The molecule has 4 N–H and O–H groups in total. The molecule has 4 atom stereocenters. The molecule has 2 aromatic rings. The van der Waals surface area contributed by atoms with Crippen molar-refractivity contribution in [3.05, 3.63) is 52.5 Å². The molecule has 0 bridgehead atoms. The average Bonchev–Trinajstić information content (AvgIpc) is 3.34. The molecule has 172 valence electrons. The third-order valence-corrected chi connectivity index (χ3v) is 7.02. The Morgan fingerprint density at radius 1 is 1.09 bits per heavy atom. The minimum Gasteiger partial charge on any atom is -0.504 e. The quantitative estimate of drug-likeness (QED) is 0.383. The summed E-state index contributed by atoms with van der Waals surface area (Å²) >= 11 is 6.24. The molecule has 1 spiro atoms. The number of hydrogen-bond donors (Lipinski definition) is 4. The van der Waals surface area contributed by atoms with Crippen molar-refractivity contribution in [2.75, 3.05) is 25.6 Å². The monoisotopic (exact) mass is 471 g/mol. The number of imide groups is 1. The van der Waals surface area contributed by atoms with Crippen molar-refractivity contribution in [1.29, 1.82) is 0 Å². The number of phenolic OH excluding ortho intramolecular Hbond substituents is 2. The molecule has 0 saturated carbocycles. The van der Waals surface area contributed by atoms with E-state index in [4.69, 9.17) is 16.3 Å². The molecule has 2 aromatic carbocycles. The highest BCUT2D eigenvalue weighted by molar-refractivity contribution is 6.31. The zero-order valence-corrected chi connectivity index (χ0v) is 18.4. The largest absolute Gasteiger partial charge is 0.504 e. The fourth-order valence-corrected chi connectivity index (χ4v) is 5.53. The number of benzene rings is 2. The Bertz CT molecular complexity index is 1190. The van der Waals surface area contributed by atoms with Crippen molar-refractivity contribution in [2.45, 2.75) is 18.0 Å². The minimum atomic E-state index is -1.46. The van der Waals surface area contributed by atoms with Crippen LogP contribution >= 0.6 is 11.6 Å². The van der Waals surface area contributed by atoms with Gasteiger partial charge in [-0.15, -0.1) is 0 Å². The van der Waals surface area contributed by atoms with E-state index in [9.17, 15) is 24.6 Å². The molecule has 2 fully saturated rings. The smallest absolute Gasteiger partial charge is 0.250 e. The number of ether oxygens (including phenoxy) is 1. The fraction of sp³-hybridized carbons (Fsp3) is 0.348. The molecule has 2 saturated heterocycles. The van der Waals surface area contributed by atoms with Gasteiger partial charge in [-0.25, -0.2) is 0 Å². The van der Waals surface area contributed by atoms with Gasteiger partial charge in [-0.1, -0.05) is 17.7 Å². The first-order chi connectivity index (χ1) is 15.8. The number of phenols is 2. The molecule has 0 unspecified atom stereocenters. The summed E-state index contributed by atoms with van der Waals surface area (Å²) in [4.78, 5) is 41.5. The van der Waals surface area contributed by atoms with E-state index in [1.807, 2.05) is 0 Å². The van der Waals surface area contributed by atoms with Crippen molar-refractivity contribution in [3.8, 4) is 11.5 Å². The number of rotatable bonds is 5. The van der Waals surface area contributed by atoms with Crippen LogP contribution in [0.1, 0.15) is 11.1 Å². The van der Waals surface area contributed by atoms with E-state index >= 15 is 0 Å². The summed E-state index contributed by atoms with van der Waals surface area (Å²) < 4.78 is 5.07. The maximum absolute atomic E-state index is 13.5. The Morgan fingerprint density at radius 3 is 2.61 bits per heavy atom. The number of nitrogens with one attached hydrogen (secondary N) is 2. The van der Waals surface area contributed by atoms with Crippen LogP contribution < -0.4 is 10.6 Å². The predicted octanol–water partition coefficient (Wildman–Crippen LogP) is 1.36. The lowest BCUT2D eigenvalue weighted by Crippen LogP contribution is -2.53. The van der Waals surface area contributed by atoms with E-state index in [2.05, 4.69) is 10.6 Å². The maximum Gasteiger partial charge on any atom is 0.250 e. The van der Waals surface area contributed by atoms with Crippen LogP contribution in [-0.4, -0.2) is 59.1 Å². The van der Waals surface area contributed by atoms with Crippen molar-refractivity contribution >= 4 is 35.0 Å². The molecule has 9 nitrogen and oxygen atoms in total. The average molecular weight is 472 g/mol. The first kappa shape index (κ1) is 21.7. The molecule has 0 aromatic heterocycles. The van der Waals surface area contributed by atoms with Crippen LogP contribution in [-0.2, 0) is 31.1 Å². The molecule has 10 heteroatoms. The minimum absolute atomic E-state index is 0.0913. The van der Waals surface area contributed by atoms with Gasteiger partial charge in [0.25, 0.3) is 0 Å². The van der Waals surface area contributed by atoms with Gasteiger partial charge in [0.05, 0.1) is 25.0 Å². The second kappa shape index (κ2) is 7.72. The van der Waals surface area contributed by atoms with Crippen molar-refractivity contribution in [3.63, 3.8) is 0 Å². The van der Waals surface area contributed by atoms with Gasteiger partial charge in [-0.2, -0.15) is 0 Å². The van der Waals surface area contributed by atoms with E-state index in [0.717, 1.165) is 0 Å². The van der Waals surface area contributed by atoms with Gasteiger partial charge in [0.15, 0.2) is 11.5 Å². The SMILES string of the molecule is COCCN1C(=O)[C@@H]2[C@H](Cc3ccc(O)c(O)c3)N[C@@]3(C(=O)Nc4ccc(Cl)cc43)[C@@H]2C1=O. The van der Waals surface area contributed by atoms with Crippen LogP contribution in [0.25, 0.3) is 0 Å². The normalized spacial score (nSPS) is 27.9. The van der Waals surface area contributed by atoms with E-state index in [-0.39, 0.29) is 37.0 Å². The molecule has 0 radical (unpaired) electrons. The number of methoxy groups -OCH3 is 1. The molecular weight excluding hydrogens is 450 g/mol. The number of fused-ring (bicyclic) bond motifs is 4. The van der Waals surface area contributed by atoms with E-state index in [0.29, 0.717) is 21.8 Å². The molecular formula is C23H22ClN3O6. The Balaban J connectivity index is 1.61. The zero-order valence-electron chi connectivity index (χ0n) is 17.7. The lowest BCUT2D eigenvalue weighted by Gasteiger charge is -2.29. The molecule has 0 aliphatic carbocycles. The number of amides is 3. The summed E-state index contributed by atoms with van der Waals surface area (Å²) in [7, 11) is 1.48. The standard InChI is InChI=1S/C23H22ClN3O6/c1-33-7-6-27-20(30)18-15(8-11-2-5-16(28)17(29)9-11)26-23(19(18)21(27)31)13-10-12(24)3-4-14(13)25-22(23)32/h2-5,9-10,15,18-19,26,28-29H,6-8H2,1H3,(H,25,32)/t15-,18+,19-,23+/m0/s1. The third-order valence-electron chi connectivity index (χ3n) is 6.78. The lowest BCUT2D eigenvalue weighted by molar-refractivity contribution is -0.143. The van der Waals surface area contributed by atoms with E-state index < -0.39 is 35.2 Å².